The molecule has 88 valence electrons. The molecule has 0 unspecified atom stereocenters. The fraction of sp³-hybridized carbons (Fsp3) is 1.00. The molecule has 1 heterocycles. The molecule has 1 aliphatic carbocycles. The fourth-order valence-electron chi connectivity index (χ4n) is 4.02. The van der Waals surface area contributed by atoms with Gasteiger partial charge in [0.2, 0.25) is 0 Å². The lowest BCUT2D eigenvalue weighted by atomic mass is 9.44. The van der Waals surface area contributed by atoms with Crippen LogP contribution in [0.4, 0.5) is 0 Å². The second kappa shape index (κ2) is 3.76. The zero-order chi connectivity index (χ0) is 11.1. The van der Waals surface area contributed by atoms with Gasteiger partial charge in [-0.1, -0.05) is 27.7 Å². The van der Waals surface area contributed by atoms with Crippen molar-refractivity contribution in [3.05, 3.63) is 0 Å². The van der Waals surface area contributed by atoms with Gasteiger partial charge in [-0.15, -0.1) is 0 Å². The Bertz CT molecular complexity index is 205. The van der Waals surface area contributed by atoms with Crippen LogP contribution in [0.5, 0.6) is 0 Å². The maximum absolute atomic E-state index is 5.68. The van der Waals surface area contributed by atoms with Gasteiger partial charge in [-0.25, -0.2) is 0 Å². The minimum Gasteiger partial charge on any atom is -0.381 e. The highest BCUT2D eigenvalue weighted by atomic mass is 16.5. The van der Waals surface area contributed by atoms with E-state index in [-0.39, 0.29) is 0 Å². The third-order valence-electron chi connectivity index (χ3n) is 5.11. The van der Waals surface area contributed by atoms with E-state index < -0.39 is 0 Å². The Kier molecular flexibility index (Phi) is 2.87. The lowest BCUT2D eigenvalue weighted by molar-refractivity contribution is -0.165. The molecule has 0 amide bonds. The largest absolute Gasteiger partial charge is 0.381 e. The molecule has 0 radical (unpaired) electrons. The van der Waals surface area contributed by atoms with Gasteiger partial charge in [0.15, 0.2) is 0 Å². The molecule has 0 N–H and O–H groups in total. The van der Waals surface area contributed by atoms with Gasteiger partial charge in [0, 0.05) is 6.61 Å². The summed E-state index contributed by atoms with van der Waals surface area (Å²) in [5.41, 5.74) is 1.19. The Balaban J connectivity index is 2.04. The van der Waals surface area contributed by atoms with Crippen molar-refractivity contribution in [2.24, 2.45) is 22.7 Å². The van der Waals surface area contributed by atoms with Gasteiger partial charge in [0.05, 0.1) is 6.61 Å². The molecule has 2 aliphatic rings. The first-order chi connectivity index (χ1) is 7.01. The molecule has 1 saturated carbocycles. The summed E-state index contributed by atoms with van der Waals surface area (Å²) in [4.78, 5) is 0. The summed E-state index contributed by atoms with van der Waals surface area (Å²) >= 11 is 0. The van der Waals surface area contributed by atoms with E-state index in [1.807, 2.05) is 0 Å². The van der Waals surface area contributed by atoms with E-state index >= 15 is 0 Å². The highest BCUT2D eigenvalue weighted by Crippen LogP contribution is 2.64. The van der Waals surface area contributed by atoms with Crippen LogP contribution in [0.25, 0.3) is 0 Å². The highest BCUT2D eigenvalue weighted by Gasteiger charge is 2.57. The third-order valence-corrected chi connectivity index (χ3v) is 5.11. The van der Waals surface area contributed by atoms with Gasteiger partial charge in [-0.05, 0) is 48.3 Å². The zero-order valence-corrected chi connectivity index (χ0v) is 10.8. The van der Waals surface area contributed by atoms with Crippen LogP contribution in [-0.2, 0) is 4.74 Å². The Morgan fingerprint density at radius 1 is 1.00 bits per heavy atom. The van der Waals surface area contributed by atoms with E-state index in [0.717, 1.165) is 25.0 Å². The normalized spacial score (nSPS) is 28.4. The minimum atomic E-state index is 0.576. The first-order valence-electron chi connectivity index (χ1n) is 6.59. The molecule has 1 aliphatic heterocycles. The lowest BCUT2D eigenvalue weighted by Crippen LogP contribution is -2.55. The molecule has 1 saturated heterocycles. The summed E-state index contributed by atoms with van der Waals surface area (Å²) in [6.45, 7) is 11.6. The second-order valence-corrected chi connectivity index (χ2v) is 6.55. The van der Waals surface area contributed by atoms with E-state index in [1.165, 1.54) is 25.7 Å². The minimum absolute atomic E-state index is 0.576. The summed E-state index contributed by atoms with van der Waals surface area (Å²) in [5, 5.41) is 0. The topological polar surface area (TPSA) is 9.23 Å². The first-order valence-corrected chi connectivity index (χ1v) is 6.59. The standard InChI is InChI=1S/C14H26O/c1-11(2)14(12(3)4)8-13(9-14)6-5-7-15-10-13/h11-12H,5-10H2,1-4H3. The van der Waals surface area contributed by atoms with Crippen LogP contribution in [-0.4, -0.2) is 13.2 Å². The predicted molar refractivity (Wildman–Crippen MR) is 63.8 cm³/mol. The zero-order valence-electron chi connectivity index (χ0n) is 10.8. The first kappa shape index (κ1) is 11.4. The van der Waals surface area contributed by atoms with Crippen LogP contribution in [0.15, 0.2) is 0 Å². The van der Waals surface area contributed by atoms with Crippen molar-refractivity contribution in [2.75, 3.05) is 13.2 Å². The molecular formula is C14H26O. The van der Waals surface area contributed by atoms with Crippen molar-refractivity contribution < 1.29 is 4.74 Å². The Labute approximate surface area is 94.6 Å². The van der Waals surface area contributed by atoms with Crippen molar-refractivity contribution in [3.63, 3.8) is 0 Å². The van der Waals surface area contributed by atoms with E-state index in [4.69, 9.17) is 4.74 Å². The molecule has 1 spiro atoms. The maximum atomic E-state index is 5.68. The van der Waals surface area contributed by atoms with Crippen LogP contribution in [0, 0.1) is 22.7 Å². The smallest absolute Gasteiger partial charge is 0.0522 e. The summed E-state index contributed by atoms with van der Waals surface area (Å²) in [6, 6.07) is 0. The quantitative estimate of drug-likeness (QED) is 0.672. The van der Waals surface area contributed by atoms with Gasteiger partial charge in [0.1, 0.15) is 0 Å². The highest BCUT2D eigenvalue weighted by molar-refractivity contribution is 5.06. The molecule has 1 heteroatoms. The SMILES string of the molecule is CC(C)C1(C(C)C)CC2(CCCOC2)C1. The fourth-order valence-corrected chi connectivity index (χ4v) is 4.02. The monoisotopic (exact) mass is 210 g/mol. The van der Waals surface area contributed by atoms with Gasteiger partial charge in [-0.2, -0.15) is 0 Å². The van der Waals surface area contributed by atoms with E-state index in [1.54, 1.807) is 0 Å². The molecule has 0 atom stereocenters. The van der Waals surface area contributed by atoms with E-state index in [2.05, 4.69) is 27.7 Å². The van der Waals surface area contributed by atoms with Crippen molar-refractivity contribution in [1.82, 2.24) is 0 Å². The number of ether oxygens (including phenoxy) is 1. The molecule has 0 aromatic rings. The molecule has 2 rings (SSSR count). The van der Waals surface area contributed by atoms with Gasteiger partial charge < -0.3 is 4.74 Å². The lowest BCUT2D eigenvalue weighted by Gasteiger charge is -2.62. The van der Waals surface area contributed by atoms with Crippen molar-refractivity contribution in [1.29, 1.82) is 0 Å². The molecule has 0 aromatic carbocycles. The summed E-state index contributed by atoms with van der Waals surface area (Å²) in [6.07, 6.45) is 5.52. The van der Waals surface area contributed by atoms with Crippen LogP contribution in [0.3, 0.4) is 0 Å². The molecule has 2 fully saturated rings. The number of hydrogen-bond acceptors (Lipinski definition) is 1. The van der Waals surface area contributed by atoms with Crippen molar-refractivity contribution in [2.45, 2.75) is 53.4 Å². The van der Waals surface area contributed by atoms with Crippen LogP contribution < -0.4 is 0 Å². The summed E-state index contributed by atoms with van der Waals surface area (Å²) in [7, 11) is 0. The molecule has 0 aromatic heterocycles. The van der Waals surface area contributed by atoms with Gasteiger partial charge >= 0.3 is 0 Å². The average molecular weight is 210 g/mol. The average Bonchev–Trinajstić information content (AvgIpc) is 2.14. The third kappa shape index (κ3) is 1.73. The Hall–Kier alpha value is -0.0400. The summed E-state index contributed by atoms with van der Waals surface area (Å²) in [5.74, 6) is 1.65. The molecule has 15 heavy (non-hydrogen) atoms. The molecule has 1 nitrogen and oxygen atoms in total. The molecular weight excluding hydrogens is 184 g/mol. The second-order valence-electron chi connectivity index (χ2n) is 6.55. The van der Waals surface area contributed by atoms with E-state index in [0.29, 0.717) is 10.8 Å². The molecule has 0 bridgehead atoms. The maximum Gasteiger partial charge on any atom is 0.0522 e. The predicted octanol–water partition coefficient (Wildman–Crippen LogP) is 3.88. The van der Waals surface area contributed by atoms with Crippen LogP contribution in [0.1, 0.15) is 53.4 Å². The van der Waals surface area contributed by atoms with Crippen LogP contribution in [0.2, 0.25) is 0 Å². The number of rotatable bonds is 2. The van der Waals surface area contributed by atoms with E-state index in [9.17, 15) is 0 Å². The Morgan fingerprint density at radius 2 is 1.60 bits per heavy atom. The Morgan fingerprint density at radius 3 is 2.00 bits per heavy atom. The summed E-state index contributed by atoms with van der Waals surface area (Å²) < 4.78 is 5.68. The van der Waals surface area contributed by atoms with Crippen molar-refractivity contribution in [3.8, 4) is 0 Å². The number of hydrogen-bond donors (Lipinski definition) is 0. The van der Waals surface area contributed by atoms with Crippen LogP contribution >= 0.6 is 0 Å². The van der Waals surface area contributed by atoms with Gasteiger partial charge in [0.25, 0.3) is 0 Å². The van der Waals surface area contributed by atoms with Crippen molar-refractivity contribution >= 4 is 0 Å². The van der Waals surface area contributed by atoms with Gasteiger partial charge in [-0.3, -0.25) is 0 Å².